The number of hydrogen-bond donors (Lipinski definition) is 1. The quantitative estimate of drug-likeness (QED) is 0.316. The van der Waals surface area contributed by atoms with E-state index in [1.54, 1.807) is 44.6 Å². The van der Waals surface area contributed by atoms with E-state index in [0.717, 1.165) is 38.3 Å². The zero-order valence-electron chi connectivity index (χ0n) is 25.3. The van der Waals surface area contributed by atoms with Gasteiger partial charge in [0.2, 0.25) is 10.0 Å². The highest BCUT2D eigenvalue weighted by Crippen LogP contribution is 2.22. The van der Waals surface area contributed by atoms with E-state index < -0.39 is 10.0 Å². The van der Waals surface area contributed by atoms with E-state index in [4.69, 9.17) is 4.74 Å². The van der Waals surface area contributed by atoms with Crippen molar-refractivity contribution in [3.63, 3.8) is 0 Å². The Morgan fingerprint density at radius 1 is 0.952 bits per heavy atom. The van der Waals surface area contributed by atoms with Crippen LogP contribution in [0.1, 0.15) is 47.8 Å². The summed E-state index contributed by atoms with van der Waals surface area (Å²) in [6.45, 7) is 10.7. The Morgan fingerprint density at radius 3 is 2.29 bits per heavy atom. The van der Waals surface area contributed by atoms with Crippen LogP contribution in [0.2, 0.25) is 0 Å². The molecule has 42 heavy (non-hydrogen) atoms. The van der Waals surface area contributed by atoms with Crippen LogP contribution in [0.15, 0.2) is 71.8 Å². The van der Waals surface area contributed by atoms with Crippen molar-refractivity contribution in [3.8, 4) is 0 Å². The number of carbonyl (C=O) groups is 1. The summed E-state index contributed by atoms with van der Waals surface area (Å²) in [6, 6.07) is 19.5. The number of esters is 1. The maximum Gasteiger partial charge on any atom is 0.342 e. The van der Waals surface area contributed by atoms with Gasteiger partial charge in [-0.15, -0.1) is 0 Å². The number of benzene rings is 2. The van der Waals surface area contributed by atoms with Gasteiger partial charge in [-0.25, -0.2) is 22.5 Å². The Bertz CT molecular complexity index is 1440. The first-order chi connectivity index (χ1) is 20.0. The van der Waals surface area contributed by atoms with E-state index in [1.165, 1.54) is 15.4 Å². The zero-order valence-corrected chi connectivity index (χ0v) is 26.1. The number of carbonyl (C=O) groups excluding carboxylic acids is 1. The van der Waals surface area contributed by atoms with Gasteiger partial charge in [0, 0.05) is 65.6 Å². The van der Waals surface area contributed by atoms with Gasteiger partial charge in [0.25, 0.3) is 0 Å². The van der Waals surface area contributed by atoms with Gasteiger partial charge in [-0.2, -0.15) is 0 Å². The number of pyridine rings is 1. The third kappa shape index (κ3) is 8.16. The molecule has 1 aliphatic heterocycles. The molecule has 226 valence electrons. The molecule has 0 saturated carbocycles. The topological polar surface area (TPSA) is 95.1 Å². The molecule has 2 heterocycles. The second-order valence-corrected chi connectivity index (χ2v) is 13.4. The molecule has 0 bridgehead atoms. The van der Waals surface area contributed by atoms with E-state index in [1.807, 2.05) is 26.0 Å². The number of rotatable bonds is 12. The van der Waals surface area contributed by atoms with Crippen molar-refractivity contribution in [2.45, 2.75) is 57.3 Å². The largest absolute Gasteiger partial charge is 0.459 e. The van der Waals surface area contributed by atoms with E-state index in [-0.39, 0.29) is 18.1 Å². The number of nitrogens with one attached hydrogen (secondary N) is 1. The second kappa shape index (κ2) is 14.2. The van der Waals surface area contributed by atoms with Crippen LogP contribution in [-0.2, 0) is 34.3 Å². The molecule has 1 unspecified atom stereocenters. The first kappa shape index (κ1) is 31.6. The van der Waals surface area contributed by atoms with Crippen molar-refractivity contribution in [1.82, 2.24) is 19.5 Å². The van der Waals surface area contributed by atoms with Crippen molar-refractivity contribution in [1.29, 1.82) is 0 Å². The zero-order chi connectivity index (χ0) is 30.3. The summed E-state index contributed by atoms with van der Waals surface area (Å²) in [7, 11) is -0.370. The number of aromatic nitrogens is 1. The van der Waals surface area contributed by atoms with Crippen LogP contribution in [0, 0.1) is 0 Å². The number of hydrogen-bond acceptors (Lipinski definition) is 8. The Balaban J connectivity index is 1.26. The first-order valence-corrected chi connectivity index (χ1v) is 15.9. The molecule has 0 amide bonds. The fourth-order valence-corrected chi connectivity index (χ4v) is 6.17. The lowest BCUT2D eigenvalue weighted by molar-refractivity contribution is 0.0378. The lowest BCUT2D eigenvalue weighted by Crippen LogP contribution is -2.46. The van der Waals surface area contributed by atoms with Crippen molar-refractivity contribution in [3.05, 3.63) is 89.1 Å². The molecule has 1 aliphatic rings. The van der Waals surface area contributed by atoms with Crippen molar-refractivity contribution in [2.24, 2.45) is 0 Å². The molecule has 1 fully saturated rings. The van der Waals surface area contributed by atoms with Crippen LogP contribution in [0.25, 0.3) is 0 Å². The molecule has 1 aromatic heterocycles. The molecule has 2 aromatic carbocycles. The van der Waals surface area contributed by atoms with Crippen LogP contribution < -0.4 is 10.2 Å². The Hall–Kier alpha value is -3.31. The van der Waals surface area contributed by atoms with Crippen LogP contribution in [0.5, 0.6) is 0 Å². The van der Waals surface area contributed by atoms with Crippen molar-refractivity contribution >= 4 is 21.8 Å². The van der Waals surface area contributed by atoms with Crippen molar-refractivity contribution in [2.75, 3.05) is 45.2 Å². The highest BCUT2D eigenvalue weighted by Gasteiger charge is 2.24. The van der Waals surface area contributed by atoms with E-state index in [9.17, 15) is 13.2 Å². The summed E-state index contributed by atoms with van der Waals surface area (Å²) in [4.78, 5) is 22.0. The molecule has 9 nitrogen and oxygen atoms in total. The maximum atomic E-state index is 12.7. The van der Waals surface area contributed by atoms with Gasteiger partial charge in [0.15, 0.2) is 0 Å². The molecule has 3 aromatic rings. The average molecular weight is 594 g/mol. The number of nitrogens with zero attached hydrogens (tertiary/aromatic N) is 4. The molecule has 1 atom stereocenters. The number of ether oxygens (including phenoxy) is 1. The summed E-state index contributed by atoms with van der Waals surface area (Å²) in [5, 5.41) is 3.54. The molecule has 0 aliphatic carbocycles. The van der Waals surface area contributed by atoms with Gasteiger partial charge in [-0.05, 0) is 62.1 Å². The molecule has 10 heteroatoms. The first-order valence-electron chi connectivity index (χ1n) is 14.5. The maximum absolute atomic E-state index is 12.7. The summed E-state index contributed by atoms with van der Waals surface area (Å²) in [5.41, 5.74) is 3.76. The van der Waals surface area contributed by atoms with E-state index >= 15 is 0 Å². The van der Waals surface area contributed by atoms with Crippen LogP contribution in [0.3, 0.4) is 0 Å². The minimum Gasteiger partial charge on any atom is -0.459 e. The predicted octanol–water partition coefficient (Wildman–Crippen LogP) is 3.94. The summed E-state index contributed by atoms with van der Waals surface area (Å²) in [5.74, 6) is 0.360. The number of anilines is 1. The third-order valence-corrected chi connectivity index (χ3v) is 9.28. The number of sulfonamides is 1. The normalized spacial score (nSPS) is 15.3. The Kier molecular flexibility index (Phi) is 10.7. The molecular formula is C32H43N5O4S. The highest BCUT2D eigenvalue weighted by molar-refractivity contribution is 7.89. The van der Waals surface area contributed by atoms with Gasteiger partial charge >= 0.3 is 5.97 Å². The Morgan fingerprint density at radius 2 is 1.62 bits per heavy atom. The third-order valence-electron chi connectivity index (χ3n) is 7.36. The lowest BCUT2D eigenvalue weighted by Gasteiger charge is -2.36. The van der Waals surface area contributed by atoms with E-state index in [0.29, 0.717) is 29.2 Å². The summed E-state index contributed by atoms with van der Waals surface area (Å²) >= 11 is 0. The van der Waals surface area contributed by atoms with E-state index in [2.05, 4.69) is 51.3 Å². The van der Waals surface area contributed by atoms with Gasteiger partial charge in [0.1, 0.15) is 11.4 Å². The average Bonchev–Trinajstić information content (AvgIpc) is 2.97. The van der Waals surface area contributed by atoms with Crippen LogP contribution in [-0.4, -0.2) is 81.0 Å². The van der Waals surface area contributed by atoms with Crippen LogP contribution >= 0.6 is 0 Å². The van der Waals surface area contributed by atoms with Gasteiger partial charge in [0.05, 0.1) is 11.0 Å². The lowest BCUT2D eigenvalue weighted by atomic mass is 10.1. The van der Waals surface area contributed by atoms with Gasteiger partial charge in [-0.3, -0.25) is 4.90 Å². The van der Waals surface area contributed by atoms with Gasteiger partial charge in [-0.1, -0.05) is 42.5 Å². The molecule has 0 spiro atoms. The molecule has 4 rings (SSSR count). The Labute approximate surface area is 250 Å². The van der Waals surface area contributed by atoms with Crippen LogP contribution in [0.4, 0.5) is 5.82 Å². The molecule has 0 radical (unpaired) electrons. The smallest absolute Gasteiger partial charge is 0.342 e. The summed E-state index contributed by atoms with van der Waals surface area (Å²) < 4.78 is 32.1. The van der Waals surface area contributed by atoms with Crippen molar-refractivity contribution < 1.29 is 17.9 Å². The highest BCUT2D eigenvalue weighted by atomic mass is 32.2. The predicted molar refractivity (Wildman–Crippen MR) is 166 cm³/mol. The monoisotopic (exact) mass is 593 g/mol. The molecule has 1 N–H and O–H groups in total. The standard InChI is InChI=1S/C32H43N5O4S/c1-24(2)41-32(38)29-10-8-16-33-31(29)37-19-17-36(18-20-37)23-27-14-12-26(13-15-27)22-34-25(3)21-28-9-6-7-11-30(28)42(39,40)35(4)5/h6-16,24-25,34H,17-23H2,1-5H3. The fourth-order valence-electron chi connectivity index (χ4n) is 5.04. The molecule has 1 saturated heterocycles. The second-order valence-electron chi connectivity index (χ2n) is 11.3. The van der Waals surface area contributed by atoms with Gasteiger partial charge < -0.3 is 15.0 Å². The SMILES string of the molecule is CC(Cc1ccccc1S(=O)(=O)N(C)C)NCc1ccc(CN2CCN(c3ncccc3C(=O)OC(C)C)CC2)cc1. The summed E-state index contributed by atoms with van der Waals surface area (Å²) in [6.07, 6.45) is 2.16. The minimum absolute atomic E-state index is 0.103. The molecular weight excluding hydrogens is 550 g/mol. The number of piperazine rings is 1. The fraction of sp³-hybridized carbons (Fsp3) is 0.438. The minimum atomic E-state index is -3.49.